The molecule has 1 aliphatic rings. The van der Waals surface area contributed by atoms with Crippen LogP contribution in [-0.4, -0.2) is 30.3 Å². The van der Waals surface area contributed by atoms with Crippen molar-refractivity contribution in [3.05, 3.63) is 35.4 Å². The average Bonchev–Trinajstić information content (AvgIpc) is 2.38. The molecule has 2 N–H and O–H groups in total. The van der Waals surface area contributed by atoms with E-state index >= 15 is 0 Å². The smallest absolute Gasteiger partial charge is 0.416 e. The van der Waals surface area contributed by atoms with Gasteiger partial charge in [-0.15, -0.1) is 0 Å². The van der Waals surface area contributed by atoms with Gasteiger partial charge in [-0.1, -0.05) is 18.2 Å². The van der Waals surface area contributed by atoms with Crippen molar-refractivity contribution in [2.75, 3.05) is 13.2 Å². The van der Waals surface area contributed by atoms with Crippen molar-refractivity contribution in [1.29, 1.82) is 0 Å². The van der Waals surface area contributed by atoms with Gasteiger partial charge in [0.05, 0.1) is 18.3 Å². The summed E-state index contributed by atoms with van der Waals surface area (Å²) in [5.74, 6) is -1.08. The molecule has 0 amide bonds. The van der Waals surface area contributed by atoms with Crippen molar-refractivity contribution >= 4 is 5.97 Å². The van der Waals surface area contributed by atoms with E-state index in [9.17, 15) is 18.0 Å². The maximum atomic E-state index is 12.8. The van der Waals surface area contributed by atoms with Crippen LogP contribution in [0.3, 0.4) is 0 Å². The number of nitrogens with one attached hydrogen (secondary N) is 1. The number of carboxylic acids is 1. The van der Waals surface area contributed by atoms with E-state index in [1.807, 2.05) is 0 Å². The zero-order chi connectivity index (χ0) is 14.0. The SMILES string of the molecule is O=C(O)C1COC(c2ccccc2C(F)(F)F)CN1. The number of hydrogen-bond donors (Lipinski definition) is 2. The lowest BCUT2D eigenvalue weighted by molar-refractivity contribution is -0.146. The van der Waals surface area contributed by atoms with Crippen molar-refractivity contribution in [2.24, 2.45) is 0 Å². The fourth-order valence-electron chi connectivity index (χ4n) is 1.97. The molecule has 1 fully saturated rings. The minimum absolute atomic E-state index is 0.0198. The summed E-state index contributed by atoms with van der Waals surface area (Å²) >= 11 is 0. The summed E-state index contributed by atoms with van der Waals surface area (Å²) in [4.78, 5) is 10.7. The Morgan fingerprint density at radius 2 is 2.05 bits per heavy atom. The molecule has 1 aromatic rings. The van der Waals surface area contributed by atoms with Crippen LogP contribution in [0.15, 0.2) is 24.3 Å². The predicted octanol–water partition coefficient (Wildman–Crippen LogP) is 1.82. The number of alkyl halides is 3. The van der Waals surface area contributed by atoms with Crippen molar-refractivity contribution < 1.29 is 27.8 Å². The van der Waals surface area contributed by atoms with E-state index in [1.165, 1.54) is 18.2 Å². The second-order valence-corrected chi connectivity index (χ2v) is 4.21. The number of halogens is 3. The summed E-state index contributed by atoms with van der Waals surface area (Å²) in [5.41, 5.74) is -0.734. The van der Waals surface area contributed by atoms with Gasteiger partial charge in [0.2, 0.25) is 0 Å². The first-order chi connectivity index (χ1) is 8.89. The van der Waals surface area contributed by atoms with Crippen LogP contribution in [0.5, 0.6) is 0 Å². The standard InChI is InChI=1S/C12H12F3NO3/c13-12(14,15)8-4-2-1-3-7(8)10-5-16-9(6-19-10)11(17)18/h1-4,9-10,16H,5-6H2,(H,17,18). The molecule has 0 aromatic heterocycles. The molecular weight excluding hydrogens is 263 g/mol. The van der Waals surface area contributed by atoms with Gasteiger partial charge in [0.25, 0.3) is 0 Å². The fraction of sp³-hybridized carbons (Fsp3) is 0.417. The Balaban J connectivity index is 2.18. The molecule has 1 heterocycles. The molecule has 0 spiro atoms. The van der Waals surface area contributed by atoms with Crippen LogP contribution in [0.25, 0.3) is 0 Å². The molecule has 19 heavy (non-hydrogen) atoms. The number of benzene rings is 1. The van der Waals surface area contributed by atoms with E-state index in [-0.39, 0.29) is 18.7 Å². The van der Waals surface area contributed by atoms with Crippen molar-refractivity contribution in [2.45, 2.75) is 18.3 Å². The van der Waals surface area contributed by atoms with E-state index in [0.29, 0.717) is 0 Å². The molecule has 2 unspecified atom stereocenters. The zero-order valence-corrected chi connectivity index (χ0v) is 9.78. The first-order valence-electron chi connectivity index (χ1n) is 5.63. The quantitative estimate of drug-likeness (QED) is 0.864. The highest BCUT2D eigenvalue weighted by Gasteiger charge is 2.36. The second kappa shape index (κ2) is 5.18. The first kappa shape index (κ1) is 13.8. The van der Waals surface area contributed by atoms with Crippen LogP contribution in [0, 0.1) is 0 Å². The third kappa shape index (κ3) is 3.05. The lowest BCUT2D eigenvalue weighted by atomic mass is 10.0. The maximum absolute atomic E-state index is 12.8. The Hall–Kier alpha value is -1.60. The average molecular weight is 275 g/mol. The normalized spacial score (nSPS) is 24.2. The first-order valence-corrected chi connectivity index (χ1v) is 5.63. The zero-order valence-electron chi connectivity index (χ0n) is 9.78. The number of aliphatic carboxylic acids is 1. The number of carboxylic acid groups (broad SMARTS) is 1. The molecule has 4 nitrogen and oxygen atoms in total. The van der Waals surface area contributed by atoms with Gasteiger partial charge in [0.15, 0.2) is 0 Å². The van der Waals surface area contributed by atoms with Gasteiger partial charge in [-0.05, 0) is 11.6 Å². The topological polar surface area (TPSA) is 58.6 Å². The minimum atomic E-state index is -4.45. The van der Waals surface area contributed by atoms with Crippen LogP contribution in [0.2, 0.25) is 0 Å². The number of ether oxygens (including phenoxy) is 1. The van der Waals surface area contributed by atoms with E-state index in [1.54, 1.807) is 0 Å². The predicted molar refractivity (Wildman–Crippen MR) is 59.6 cm³/mol. The van der Waals surface area contributed by atoms with Gasteiger partial charge in [-0.2, -0.15) is 13.2 Å². The van der Waals surface area contributed by atoms with Crippen molar-refractivity contribution in [3.63, 3.8) is 0 Å². The molecule has 0 radical (unpaired) electrons. The van der Waals surface area contributed by atoms with E-state index in [4.69, 9.17) is 9.84 Å². The molecule has 1 aliphatic heterocycles. The van der Waals surface area contributed by atoms with Gasteiger partial charge in [0.1, 0.15) is 6.04 Å². The molecule has 0 saturated carbocycles. The largest absolute Gasteiger partial charge is 0.480 e. The van der Waals surface area contributed by atoms with E-state index in [0.717, 1.165) is 6.07 Å². The number of carbonyl (C=O) groups is 1. The molecule has 1 aromatic carbocycles. The summed E-state index contributed by atoms with van der Waals surface area (Å²) in [5, 5.41) is 11.4. The van der Waals surface area contributed by atoms with Gasteiger partial charge < -0.3 is 9.84 Å². The fourth-order valence-corrected chi connectivity index (χ4v) is 1.97. The Kier molecular flexibility index (Phi) is 3.77. The van der Waals surface area contributed by atoms with Gasteiger partial charge in [0, 0.05) is 6.54 Å². The van der Waals surface area contributed by atoms with Crippen LogP contribution in [-0.2, 0) is 15.7 Å². The van der Waals surface area contributed by atoms with E-state index in [2.05, 4.69) is 5.32 Å². The Morgan fingerprint density at radius 1 is 1.37 bits per heavy atom. The lowest BCUT2D eigenvalue weighted by Crippen LogP contribution is -2.47. The molecule has 2 atom stereocenters. The third-order valence-corrected chi connectivity index (χ3v) is 2.92. The molecule has 104 valence electrons. The van der Waals surface area contributed by atoms with Crippen LogP contribution >= 0.6 is 0 Å². The van der Waals surface area contributed by atoms with Gasteiger partial charge in [-0.25, -0.2) is 0 Å². The van der Waals surface area contributed by atoms with Gasteiger partial charge >= 0.3 is 12.1 Å². The lowest BCUT2D eigenvalue weighted by Gasteiger charge is -2.29. The number of morpholine rings is 1. The minimum Gasteiger partial charge on any atom is -0.480 e. The van der Waals surface area contributed by atoms with Crippen LogP contribution < -0.4 is 5.32 Å². The molecule has 0 bridgehead atoms. The highest BCUT2D eigenvalue weighted by molar-refractivity contribution is 5.73. The molecular formula is C12H12F3NO3. The van der Waals surface area contributed by atoms with E-state index < -0.39 is 29.9 Å². The third-order valence-electron chi connectivity index (χ3n) is 2.92. The molecule has 2 rings (SSSR count). The summed E-state index contributed by atoms with van der Waals surface area (Å²) in [6, 6.07) is 4.26. The maximum Gasteiger partial charge on any atom is 0.416 e. The monoisotopic (exact) mass is 275 g/mol. The molecule has 0 aliphatic carbocycles. The second-order valence-electron chi connectivity index (χ2n) is 4.21. The van der Waals surface area contributed by atoms with Crippen LogP contribution in [0.4, 0.5) is 13.2 Å². The summed E-state index contributed by atoms with van der Waals surface area (Å²) < 4.78 is 43.7. The van der Waals surface area contributed by atoms with Crippen molar-refractivity contribution in [1.82, 2.24) is 5.32 Å². The summed E-state index contributed by atoms with van der Waals surface area (Å²) in [6.45, 7) is -0.129. The highest BCUT2D eigenvalue weighted by atomic mass is 19.4. The molecule has 1 saturated heterocycles. The van der Waals surface area contributed by atoms with Crippen molar-refractivity contribution in [3.8, 4) is 0 Å². The molecule has 7 heteroatoms. The summed E-state index contributed by atoms with van der Waals surface area (Å²) in [6.07, 6.45) is -5.25. The van der Waals surface area contributed by atoms with Crippen LogP contribution in [0.1, 0.15) is 17.2 Å². The Morgan fingerprint density at radius 3 is 2.58 bits per heavy atom. The Bertz CT molecular complexity index is 468. The van der Waals surface area contributed by atoms with Gasteiger partial charge in [-0.3, -0.25) is 10.1 Å². The summed E-state index contributed by atoms with van der Waals surface area (Å²) in [7, 11) is 0. The number of rotatable bonds is 2. The number of hydrogen-bond acceptors (Lipinski definition) is 3. The Labute approximate surface area is 107 Å². The highest BCUT2D eigenvalue weighted by Crippen LogP contribution is 2.35.